The number of carbonyl (C=O) groups excluding carboxylic acids is 1. The minimum absolute atomic E-state index is 0.0565. The van der Waals surface area contributed by atoms with Gasteiger partial charge in [0.15, 0.2) is 0 Å². The van der Waals surface area contributed by atoms with Crippen molar-refractivity contribution < 1.29 is 9.53 Å². The Labute approximate surface area is 139 Å². The Morgan fingerprint density at radius 2 is 2.22 bits per heavy atom. The lowest BCUT2D eigenvalue weighted by Gasteiger charge is -2.32. The van der Waals surface area contributed by atoms with Crippen LogP contribution in [-0.4, -0.2) is 54.2 Å². The molecule has 0 aliphatic carbocycles. The molecule has 23 heavy (non-hydrogen) atoms. The van der Waals surface area contributed by atoms with E-state index in [4.69, 9.17) is 4.74 Å². The minimum Gasteiger partial charge on any atom is -0.377 e. The van der Waals surface area contributed by atoms with Gasteiger partial charge < -0.3 is 14.5 Å². The molecule has 1 aromatic rings. The average Bonchev–Trinajstić information content (AvgIpc) is 2.56. The van der Waals surface area contributed by atoms with Crippen LogP contribution in [0.4, 0.5) is 5.82 Å². The number of amides is 1. The van der Waals surface area contributed by atoms with Gasteiger partial charge in [0, 0.05) is 38.5 Å². The van der Waals surface area contributed by atoms with Crippen LogP contribution >= 0.6 is 0 Å². The number of aromatic nitrogens is 1. The van der Waals surface area contributed by atoms with E-state index in [1.807, 2.05) is 24.0 Å². The average molecular weight is 319 g/mol. The third kappa shape index (κ3) is 4.44. The maximum Gasteiger partial charge on any atom is 0.255 e. The Balaban J connectivity index is 2.05. The zero-order valence-electron chi connectivity index (χ0n) is 14.8. The molecule has 0 N–H and O–H groups in total. The van der Waals surface area contributed by atoms with Gasteiger partial charge in [0.2, 0.25) is 0 Å². The number of carbonyl (C=O) groups is 1. The first-order valence-electron chi connectivity index (χ1n) is 8.70. The molecule has 1 aliphatic heterocycles. The van der Waals surface area contributed by atoms with Crippen molar-refractivity contribution in [1.82, 2.24) is 9.88 Å². The molecule has 5 heteroatoms. The summed E-state index contributed by atoms with van der Waals surface area (Å²) < 4.78 is 5.67. The van der Waals surface area contributed by atoms with Gasteiger partial charge in [0.1, 0.15) is 5.82 Å². The summed E-state index contributed by atoms with van der Waals surface area (Å²) in [6.07, 6.45) is 3.90. The molecule has 5 nitrogen and oxygen atoms in total. The summed E-state index contributed by atoms with van der Waals surface area (Å²) in [7, 11) is 0. The lowest BCUT2D eigenvalue weighted by molar-refractivity contribution is 0.00723. The number of rotatable bonds is 6. The second-order valence-corrected chi connectivity index (χ2v) is 6.26. The van der Waals surface area contributed by atoms with Gasteiger partial charge in [-0.25, -0.2) is 4.98 Å². The topological polar surface area (TPSA) is 45.7 Å². The van der Waals surface area contributed by atoms with Crippen molar-refractivity contribution in [3.8, 4) is 0 Å². The van der Waals surface area contributed by atoms with Crippen molar-refractivity contribution >= 4 is 11.7 Å². The fourth-order valence-corrected chi connectivity index (χ4v) is 3.15. The smallest absolute Gasteiger partial charge is 0.255 e. The molecule has 1 fully saturated rings. The summed E-state index contributed by atoms with van der Waals surface area (Å²) >= 11 is 0. The molecule has 1 aromatic heterocycles. The van der Waals surface area contributed by atoms with Crippen LogP contribution in [0.25, 0.3) is 0 Å². The van der Waals surface area contributed by atoms with E-state index in [2.05, 4.69) is 30.7 Å². The number of hydrogen-bond acceptors (Lipinski definition) is 4. The number of ether oxygens (including phenoxy) is 1. The molecule has 1 saturated heterocycles. The third-order valence-corrected chi connectivity index (χ3v) is 4.32. The van der Waals surface area contributed by atoms with E-state index in [0.29, 0.717) is 24.8 Å². The highest BCUT2D eigenvalue weighted by Gasteiger charge is 2.25. The molecule has 2 rings (SSSR count). The highest BCUT2D eigenvalue weighted by atomic mass is 16.5. The Kier molecular flexibility index (Phi) is 6.39. The van der Waals surface area contributed by atoms with Crippen LogP contribution in [-0.2, 0) is 4.74 Å². The maximum absolute atomic E-state index is 12.7. The fourth-order valence-electron chi connectivity index (χ4n) is 3.15. The number of anilines is 1. The first-order chi connectivity index (χ1) is 11.1. The number of hydrogen-bond donors (Lipinski definition) is 0. The second-order valence-electron chi connectivity index (χ2n) is 6.26. The quantitative estimate of drug-likeness (QED) is 0.809. The van der Waals surface area contributed by atoms with Crippen molar-refractivity contribution in [2.45, 2.75) is 52.7 Å². The monoisotopic (exact) mass is 319 g/mol. The predicted octanol–water partition coefficient (Wildman–Crippen LogP) is 2.96. The summed E-state index contributed by atoms with van der Waals surface area (Å²) in [4.78, 5) is 21.2. The molecule has 0 spiro atoms. The van der Waals surface area contributed by atoms with Gasteiger partial charge >= 0.3 is 0 Å². The molecule has 128 valence electrons. The van der Waals surface area contributed by atoms with Crippen molar-refractivity contribution in [1.29, 1.82) is 0 Å². The molecule has 1 unspecified atom stereocenters. The summed E-state index contributed by atoms with van der Waals surface area (Å²) in [5.41, 5.74) is 0.658. The molecular weight excluding hydrogens is 290 g/mol. The van der Waals surface area contributed by atoms with E-state index >= 15 is 0 Å². The Morgan fingerprint density at radius 1 is 1.43 bits per heavy atom. The second kappa shape index (κ2) is 8.29. The van der Waals surface area contributed by atoms with Gasteiger partial charge in [-0.05, 0) is 52.7 Å². The van der Waals surface area contributed by atoms with Gasteiger partial charge in [-0.15, -0.1) is 0 Å². The highest BCUT2D eigenvalue weighted by Crippen LogP contribution is 2.18. The Bertz CT molecular complexity index is 499. The summed E-state index contributed by atoms with van der Waals surface area (Å²) in [5, 5.41) is 0. The van der Waals surface area contributed by atoms with Gasteiger partial charge in [-0.3, -0.25) is 4.79 Å². The molecule has 1 aliphatic rings. The molecule has 2 heterocycles. The Hall–Kier alpha value is -1.62. The van der Waals surface area contributed by atoms with Crippen LogP contribution in [0.5, 0.6) is 0 Å². The highest BCUT2D eigenvalue weighted by molar-refractivity contribution is 5.94. The number of piperidine rings is 1. The van der Waals surface area contributed by atoms with E-state index < -0.39 is 0 Å². The minimum atomic E-state index is 0.0565. The lowest BCUT2D eigenvalue weighted by atomic mass is 10.1. The van der Waals surface area contributed by atoms with E-state index in [1.54, 1.807) is 6.20 Å². The summed E-state index contributed by atoms with van der Waals surface area (Å²) in [5.74, 6) is 0.978. The third-order valence-electron chi connectivity index (χ3n) is 4.32. The van der Waals surface area contributed by atoms with Crippen molar-refractivity contribution in [2.24, 2.45) is 0 Å². The van der Waals surface area contributed by atoms with Gasteiger partial charge in [-0.2, -0.15) is 0 Å². The van der Waals surface area contributed by atoms with E-state index in [0.717, 1.165) is 31.7 Å². The van der Waals surface area contributed by atoms with Gasteiger partial charge in [0.05, 0.1) is 11.7 Å². The molecule has 0 bridgehead atoms. The zero-order valence-corrected chi connectivity index (χ0v) is 14.8. The molecule has 0 radical (unpaired) electrons. The molecule has 1 amide bonds. The first-order valence-corrected chi connectivity index (χ1v) is 8.70. The molecule has 0 saturated carbocycles. The predicted molar refractivity (Wildman–Crippen MR) is 92.9 cm³/mol. The standard InChI is InChI=1S/C18H29N3O2/c1-5-21(14(3)4)17-10-9-15(12-19-17)18(22)20-11-7-8-16(13-20)23-6-2/h9-10,12,14,16H,5-8,11,13H2,1-4H3. The van der Waals surface area contributed by atoms with Crippen molar-refractivity contribution in [3.63, 3.8) is 0 Å². The first kappa shape index (κ1) is 17.7. The van der Waals surface area contributed by atoms with Crippen LogP contribution in [0.1, 0.15) is 50.9 Å². The van der Waals surface area contributed by atoms with Crippen LogP contribution in [0.15, 0.2) is 18.3 Å². The van der Waals surface area contributed by atoms with Crippen molar-refractivity contribution in [3.05, 3.63) is 23.9 Å². The van der Waals surface area contributed by atoms with Gasteiger partial charge in [-0.1, -0.05) is 0 Å². The maximum atomic E-state index is 12.7. The summed E-state index contributed by atoms with van der Waals surface area (Å²) in [6.45, 7) is 11.5. The SMILES string of the molecule is CCOC1CCCN(C(=O)c2ccc(N(CC)C(C)C)nc2)C1. The molecule has 0 aromatic carbocycles. The van der Waals surface area contributed by atoms with E-state index in [-0.39, 0.29) is 12.0 Å². The fraction of sp³-hybridized carbons (Fsp3) is 0.667. The van der Waals surface area contributed by atoms with Crippen LogP contribution in [0.2, 0.25) is 0 Å². The number of nitrogens with zero attached hydrogens (tertiary/aromatic N) is 3. The lowest BCUT2D eigenvalue weighted by Crippen LogP contribution is -2.43. The largest absolute Gasteiger partial charge is 0.377 e. The van der Waals surface area contributed by atoms with E-state index in [9.17, 15) is 4.79 Å². The van der Waals surface area contributed by atoms with Crippen molar-refractivity contribution in [2.75, 3.05) is 31.1 Å². The summed E-state index contributed by atoms with van der Waals surface area (Å²) in [6, 6.07) is 4.23. The van der Waals surface area contributed by atoms with E-state index in [1.165, 1.54) is 0 Å². The van der Waals surface area contributed by atoms with Crippen LogP contribution < -0.4 is 4.90 Å². The Morgan fingerprint density at radius 3 is 2.78 bits per heavy atom. The normalized spacial score (nSPS) is 18.3. The van der Waals surface area contributed by atoms with Crippen LogP contribution in [0.3, 0.4) is 0 Å². The molecule has 1 atom stereocenters. The molecular formula is C18H29N3O2. The zero-order chi connectivity index (χ0) is 16.8. The number of pyridine rings is 1. The van der Waals surface area contributed by atoms with Gasteiger partial charge in [0.25, 0.3) is 5.91 Å². The number of likely N-dealkylation sites (tertiary alicyclic amines) is 1. The van der Waals surface area contributed by atoms with Crippen LogP contribution in [0, 0.1) is 0 Å².